The minimum absolute atomic E-state index is 0.131. The molecule has 0 radical (unpaired) electrons. The van der Waals surface area contributed by atoms with Gasteiger partial charge in [-0.1, -0.05) is 18.9 Å². The second kappa shape index (κ2) is 8.25. The maximum absolute atomic E-state index is 12.6. The highest BCUT2D eigenvalue weighted by molar-refractivity contribution is 5.76. The normalized spacial score (nSPS) is 14.5. The number of rotatable bonds is 6. The fourth-order valence-electron chi connectivity index (χ4n) is 3.76. The zero-order chi connectivity index (χ0) is 18.5. The van der Waals surface area contributed by atoms with E-state index in [1.807, 2.05) is 36.9 Å². The van der Waals surface area contributed by atoms with Crippen molar-refractivity contribution in [3.63, 3.8) is 0 Å². The standard InChI is InChI=1S/C20H26N4O2/c1-3-24(15-8-4-5-9-15)18(25)12-11-16-14(2)22-19(23-20(16)26)17-10-6-7-13-21-17/h6-7,10,13,15H,3-5,8-9,11-12H2,1-2H3,(H,22,23,26). The van der Waals surface area contributed by atoms with Crippen LogP contribution in [0.4, 0.5) is 0 Å². The summed E-state index contributed by atoms with van der Waals surface area (Å²) in [6.07, 6.45) is 7.02. The molecular formula is C20H26N4O2. The van der Waals surface area contributed by atoms with Gasteiger partial charge in [0.1, 0.15) is 5.69 Å². The van der Waals surface area contributed by atoms with Crippen LogP contribution in [0.1, 0.15) is 50.3 Å². The molecule has 0 unspecified atom stereocenters. The molecule has 6 nitrogen and oxygen atoms in total. The lowest BCUT2D eigenvalue weighted by molar-refractivity contribution is -0.133. The number of aryl methyl sites for hydroxylation is 1. The number of nitrogens with zero attached hydrogens (tertiary/aromatic N) is 3. The number of nitrogens with one attached hydrogen (secondary N) is 1. The number of hydrogen-bond acceptors (Lipinski definition) is 4. The second-order valence-electron chi connectivity index (χ2n) is 6.81. The Balaban J connectivity index is 1.72. The van der Waals surface area contributed by atoms with Crippen LogP contribution >= 0.6 is 0 Å². The van der Waals surface area contributed by atoms with E-state index in [0.29, 0.717) is 41.7 Å². The van der Waals surface area contributed by atoms with Gasteiger partial charge in [0.15, 0.2) is 5.82 Å². The van der Waals surface area contributed by atoms with Gasteiger partial charge in [-0.3, -0.25) is 14.6 Å². The molecule has 1 aliphatic rings. The highest BCUT2D eigenvalue weighted by Gasteiger charge is 2.25. The molecule has 2 aromatic rings. The molecule has 0 saturated heterocycles. The first-order valence-electron chi connectivity index (χ1n) is 9.40. The minimum Gasteiger partial charge on any atom is -0.340 e. The van der Waals surface area contributed by atoms with Gasteiger partial charge < -0.3 is 9.88 Å². The van der Waals surface area contributed by atoms with Crippen LogP contribution in [0.5, 0.6) is 0 Å². The molecule has 3 rings (SSSR count). The highest BCUT2D eigenvalue weighted by atomic mass is 16.2. The van der Waals surface area contributed by atoms with Crippen molar-refractivity contribution in [2.75, 3.05) is 6.54 Å². The summed E-state index contributed by atoms with van der Waals surface area (Å²) in [5, 5.41) is 0. The summed E-state index contributed by atoms with van der Waals surface area (Å²) in [7, 11) is 0. The van der Waals surface area contributed by atoms with Gasteiger partial charge in [-0.15, -0.1) is 0 Å². The van der Waals surface area contributed by atoms with E-state index < -0.39 is 0 Å². The topological polar surface area (TPSA) is 79.0 Å². The van der Waals surface area contributed by atoms with Crippen LogP contribution in [0, 0.1) is 6.92 Å². The van der Waals surface area contributed by atoms with Crippen LogP contribution in [0.15, 0.2) is 29.2 Å². The van der Waals surface area contributed by atoms with Gasteiger partial charge in [-0.05, 0) is 45.2 Å². The molecule has 0 atom stereocenters. The fraction of sp³-hybridized carbons (Fsp3) is 0.500. The Morgan fingerprint density at radius 1 is 1.31 bits per heavy atom. The lowest BCUT2D eigenvalue weighted by Gasteiger charge is -2.27. The summed E-state index contributed by atoms with van der Waals surface area (Å²) in [6, 6.07) is 5.85. The summed E-state index contributed by atoms with van der Waals surface area (Å²) in [6.45, 7) is 4.57. The molecule has 0 aliphatic heterocycles. The quantitative estimate of drug-likeness (QED) is 0.865. The Labute approximate surface area is 153 Å². The largest absolute Gasteiger partial charge is 0.340 e. The van der Waals surface area contributed by atoms with Crippen LogP contribution in [-0.2, 0) is 11.2 Å². The first-order chi connectivity index (χ1) is 12.6. The number of aromatic nitrogens is 3. The Hall–Kier alpha value is -2.50. The molecule has 0 spiro atoms. The number of carbonyl (C=O) groups is 1. The molecule has 0 bridgehead atoms. The number of carbonyl (C=O) groups excluding carboxylic acids is 1. The number of pyridine rings is 1. The van der Waals surface area contributed by atoms with Gasteiger partial charge in [-0.2, -0.15) is 0 Å². The molecule has 1 fully saturated rings. The Morgan fingerprint density at radius 2 is 2.08 bits per heavy atom. The third-order valence-electron chi connectivity index (χ3n) is 5.15. The van der Waals surface area contributed by atoms with Gasteiger partial charge in [0.05, 0.1) is 0 Å². The predicted molar refractivity (Wildman–Crippen MR) is 101 cm³/mol. The minimum atomic E-state index is -0.185. The van der Waals surface area contributed by atoms with Gasteiger partial charge >= 0.3 is 0 Å². The summed E-state index contributed by atoms with van der Waals surface area (Å²) in [4.78, 5) is 38.6. The highest BCUT2D eigenvalue weighted by Crippen LogP contribution is 2.24. The van der Waals surface area contributed by atoms with Crippen molar-refractivity contribution < 1.29 is 4.79 Å². The maximum atomic E-state index is 12.6. The smallest absolute Gasteiger partial charge is 0.254 e. The zero-order valence-electron chi connectivity index (χ0n) is 15.5. The van der Waals surface area contributed by atoms with Gasteiger partial charge in [0.2, 0.25) is 5.91 Å². The van der Waals surface area contributed by atoms with Crippen molar-refractivity contribution in [3.8, 4) is 11.5 Å². The fourth-order valence-corrected chi connectivity index (χ4v) is 3.76. The molecule has 2 heterocycles. The van der Waals surface area contributed by atoms with E-state index in [1.165, 1.54) is 12.8 Å². The zero-order valence-corrected chi connectivity index (χ0v) is 15.5. The van der Waals surface area contributed by atoms with Crippen LogP contribution in [-0.4, -0.2) is 38.3 Å². The van der Waals surface area contributed by atoms with Crippen molar-refractivity contribution in [1.82, 2.24) is 19.9 Å². The van der Waals surface area contributed by atoms with Crippen LogP contribution in [0.3, 0.4) is 0 Å². The van der Waals surface area contributed by atoms with Gasteiger partial charge in [0.25, 0.3) is 5.56 Å². The van der Waals surface area contributed by atoms with Crippen molar-refractivity contribution in [1.29, 1.82) is 0 Å². The molecule has 1 saturated carbocycles. The molecule has 0 aromatic carbocycles. The van der Waals surface area contributed by atoms with E-state index in [4.69, 9.17) is 0 Å². The van der Waals surface area contributed by atoms with Crippen molar-refractivity contribution in [2.24, 2.45) is 0 Å². The van der Waals surface area contributed by atoms with E-state index >= 15 is 0 Å². The van der Waals surface area contributed by atoms with Gasteiger partial charge in [-0.25, -0.2) is 4.98 Å². The van der Waals surface area contributed by atoms with E-state index in [2.05, 4.69) is 15.0 Å². The number of hydrogen-bond donors (Lipinski definition) is 1. The van der Waals surface area contributed by atoms with E-state index in [0.717, 1.165) is 19.4 Å². The molecule has 1 N–H and O–H groups in total. The molecule has 2 aromatic heterocycles. The van der Waals surface area contributed by atoms with E-state index in [1.54, 1.807) is 6.20 Å². The van der Waals surface area contributed by atoms with Crippen molar-refractivity contribution in [2.45, 2.75) is 58.4 Å². The number of amides is 1. The molecule has 1 amide bonds. The first-order valence-corrected chi connectivity index (χ1v) is 9.40. The maximum Gasteiger partial charge on any atom is 0.254 e. The third kappa shape index (κ3) is 4.00. The van der Waals surface area contributed by atoms with Crippen LogP contribution in [0.25, 0.3) is 11.5 Å². The van der Waals surface area contributed by atoms with Crippen molar-refractivity contribution in [3.05, 3.63) is 46.0 Å². The summed E-state index contributed by atoms with van der Waals surface area (Å²) in [5.41, 5.74) is 1.69. The molecule has 6 heteroatoms. The van der Waals surface area contributed by atoms with E-state index in [-0.39, 0.29) is 11.5 Å². The van der Waals surface area contributed by atoms with Crippen LogP contribution < -0.4 is 5.56 Å². The monoisotopic (exact) mass is 354 g/mol. The lowest BCUT2D eigenvalue weighted by atomic mass is 10.1. The predicted octanol–water partition coefficient (Wildman–Crippen LogP) is 2.86. The SMILES string of the molecule is CCN(C(=O)CCc1c(C)nc(-c2ccccn2)[nH]c1=O)C1CCCC1. The summed E-state index contributed by atoms with van der Waals surface area (Å²) in [5.74, 6) is 0.594. The van der Waals surface area contributed by atoms with Crippen LogP contribution in [0.2, 0.25) is 0 Å². The summed E-state index contributed by atoms with van der Waals surface area (Å²) < 4.78 is 0. The average Bonchev–Trinajstić information content (AvgIpc) is 3.16. The van der Waals surface area contributed by atoms with Gasteiger partial charge in [0, 0.05) is 36.5 Å². The first kappa shape index (κ1) is 18.3. The Morgan fingerprint density at radius 3 is 2.69 bits per heavy atom. The average molecular weight is 354 g/mol. The second-order valence-corrected chi connectivity index (χ2v) is 6.81. The molecule has 138 valence electrons. The summed E-state index contributed by atoms with van der Waals surface area (Å²) >= 11 is 0. The number of aromatic amines is 1. The Bertz CT molecular complexity index is 810. The Kier molecular flexibility index (Phi) is 5.81. The molecule has 1 aliphatic carbocycles. The molecular weight excluding hydrogens is 328 g/mol. The van der Waals surface area contributed by atoms with Crippen molar-refractivity contribution >= 4 is 5.91 Å². The molecule has 26 heavy (non-hydrogen) atoms. The van der Waals surface area contributed by atoms with E-state index in [9.17, 15) is 9.59 Å². The number of H-pyrrole nitrogens is 1. The third-order valence-corrected chi connectivity index (χ3v) is 5.15. The lowest BCUT2D eigenvalue weighted by Crippen LogP contribution is -2.39.